The summed E-state index contributed by atoms with van der Waals surface area (Å²) in [6, 6.07) is 0. The van der Waals surface area contributed by atoms with Gasteiger partial charge in [0.15, 0.2) is 0 Å². The first-order valence-electron chi connectivity index (χ1n) is 3.92. The number of carbonyl (C=O) groups is 1. The van der Waals surface area contributed by atoms with Gasteiger partial charge in [-0.25, -0.2) is 0 Å². The van der Waals surface area contributed by atoms with E-state index in [9.17, 15) is 4.79 Å². The summed E-state index contributed by atoms with van der Waals surface area (Å²) in [5.74, 6) is 1.72. The van der Waals surface area contributed by atoms with Gasteiger partial charge < -0.3 is 4.74 Å². The zero-order chi connectivity index (χ0) is 7.14. The van der Waals surface area contributed by atoms with Crippen molar-refractivity contribution in [2.24, 2.45) is 17.8 Å². The predicted octanol–water partition coefficient (Wildman–Crippen LogP) is 1.21. The number of hydrogen-bond acceptors (Lipinski definition) is 2. The molecule has 0 unspecified atom stereocenters. The van der Waals surface area contributed by atoms with Crippen molar-refractivity contribution in [3.05, 3.63) is 0 Å². The molecule has 0 aliphatic heterocycles. The second-order valence-electron chi connectivity index (χ2n) is 3.31. The molecular weight excluding hydrogens is 128 g/mol. The standard InChI is InChI=1S/C8H12O2/c1-10-8(9)7-5-3-2-4-6(5)7/h5-7H,2-4H2,1H3/t5-,6-/m0/s1. The van der Waals surface area contributed by atoms with Crippen molar-refractivity contribution in [2.75, 3.05) is 7.11 Å². The van der Waals surface area contributed by atoms with Crippen molar-refractivity contribution in [1.29, 1.82) is 0 Å². The number of carbonyl (C=O) groups excluding carboxylic acids is 1. The minimum absolute atomic E-state index is 0.0229. The van der Waals surface area contributed by atoms with Gasteiger partial charge in [-0.2, -0.15) is 0 Å². The smallest absolute Gasteiger partial charge is 0.309 e. The van der Waals surface area contributed by atoms with Crippen molar-refractivity contribution in [1.82, 2.24) is 0 Å². The van der Waals surface area contributed by atoms with Crippen LogP contribution in [0.4, 0.5) is 0 Å². The number of hydrogen-bond donors (Lipinski definition) is 0. The summed E-state index contributed by atoms with van der Waals surface area (Å²) >= 11 is 0. The molecule has 0 saturated heterocycles. The van der Waals surface area contributed by atoms with Gasteiger partial charge in [0.05, 0.1) is 13.0 Å². The van der Waals surface area contributed by atoms with Crippen LogP contribution in [-0.2, 0) is 9.53 Å². The van der Waals surface area contributed by atoms with Gasteiger partial charge in [0.25, 0.3) is 0 Å². The maximum Gasteiger partial charge on any atom is 0.309 e. The molecule has 2 atom stereocenters. The number of methoxy groups -OCH3 is 1. The Bertz CT molecular complexity index is 155. The molecule has 2 saturated carbocycles. The van der Waals surface area contributed by atoms with Crippen LogP contribution in [0.2, 0.25) is 0 Å². The fraction of sp³-hybridized carbons (Fsp3) is 0.875. The zero-order valence-electron chi connectivity index (χ0n) is 6.17. The summed E-state index contributed by atoms with van der Waals surface area (Å²) < 4.78 is 4.67. The lowest BCUT2D eigenvalue weighted by molar-refractivity contribution is -0.143. The molecule has 2 heteroatoms. The van der Waals surface area contributed by atoms with Crippen LogP contribution < -0.4 is 0 Å². The molecule has 2 aliphatic carbocycles. The van der Waals surface area contributed by atoms with Crippen LogP contribution >= 0.6 is 0 Å². The Morgan fingerprint density at radius 2 is 2.00 bits per heavy atom. The molecule has 0 aromatic carbocycles. The third-order valence-electron chi connectivity index (χ3n) is 2.88. The van der Waals surface area contributed by atoms with Crippen molar-refractivity contribution in [3.8, 4) is 0 Å². The van der Waals surface area contributed by atoms with Crippen molar-refractivity contribution < 1.29 is 9.53 Å². The average molecular weight is 140 g/mol. The molecular formula is C8H12O2. The van der Waals surface area contributed by atoms with Crippen molar-refractivity contribution in [2.45, 2.75) is 19.3 Å². The Morgan fingerprint density at radius 3 is 2.50 bits per heavy atom. The van der Waals surface area contributed by atoms with Gasteiger partial charge in [0.1, 0.15) is 0 Å². The molecule has 10 heavy (non-hydrogen) atoms. The van der Waals surface area contributed by atoms with Crippen LogP contribution in [0.1, 0.15) is 19.3 Å². The van der Waals surface area contributed by atoms with E-state index in [4.69, 9.17) is 0 Å². The van der Waals surface area contributed by atoms with Crippen LogP contribution in [0.5, 0.6) is 0 Å². The van der Waals surface area contributed by atoms with Gasteiger partial charge in [-0.05, 0) is 24.7 Å². The minimum atomic E-state index is 0.0229. The van der Waals surface area contributed by atoms with E-state index < -0.39 is 0 Å². The number of fused-ring (bicyclic) bond motifs is 1. The topological polar surface area (TPSA) is 26.3 Å². The Labute approximate surface area is 60.6 Å². The molecule has 0 aromatic rings. The van der Waals surface area contributed by atoms with E-state index in [0.717, 1.165) is 0 Å². The maximum absolute atomic E-state index is 11.0. The van der Waals surface area contributed by atoms with Gasteiger partial charge in [0.2, 0.25) is 0 Å². The quantitative estimate of drug-likeness (QED) is 0.512. The molecule has 0 amide bonds. The lowest BCUT2D eigenvalue weighted by atomic mass is 10.1. The SMILES string of the molecule is COC(=O)C1[C@H]2CCC[C@H]12. The van der Waals surface area contributed by atoms with Gasteiger partial charge in [-0.15, -0.1) is 0 Å². The van der Waals surface area contributed by atoms with E-state index in [-0.39, 0.29) is 5.97 Å². The molecule has 0 N–H and O–H groups in total. The Morgan fingerprint density at radius 1 is 1.40 bits per heavy atom. The summed E-state index contributed by atoms with van der Waals surface area (Å²) in [5.41, 5.74) is 0. The number of rotatable bonds is 1. The zero-order valence-corrected chi connectivity index (χ0v) is 6.17. The molecule has 2 aliphatic rings. The first kappa shape index (κ1) is 6.20. The third-order valence-corrected chi connectivity index (χ3v) is 2.88. The largest absolute Gasteiger partial charge is 0.469 e. The summed E-state index contributed by atoms with van der Waals surface area (Å²) in [4.78, 5) is 11.0. The Kier molecular flexibility index (Phi) is 1.22. The van der Waals surface area contributed by atoms with Crippen LogP contribution in [0.3, 0.4) is 0 Å². The number of ether oxygens (including phenoxy) is 1. The fourth-order valence-corrected chi connectivity index (χ4v) is 2.31. The highest BCUT2D eigenvalue weighted by Crippen LogP contribution is 2.57. The third kappa shape index (κ3) is 0.678. The van der Waals surface area contributed by atoms with E-state index in [0.29, 0.717) is 17.8 Å². The summed E-state index contributed by atoms with van der Waals surface area (Å²) in [5, 5.41) is 0. The molecule has 0 spiro atoms. The Hall–Kier alpha value is -0.530. The summed E-state index contributed by atoms with van der Waals surface area (Å²) in [6.45, 7) is 0. The molecule has 0 heterocycles. The molecule has 2 fully saturated rings. The van der Waals surface area contributed by atoms with Gasteiger partial charge in [0, 0.05) is 0 Å². The molecule has 2 nitrogen and oxygen atoms in total. The van der Waals surface area contributed by atoms with E-state index in [1.54, 1.807) is 0 Å². The van der Waals surface area contributed by atoms with E-state index in [1.165, 1.54) is 26.4 Å². The first-order valence-corrected chi connectivity index (χ1v) is 3.92. The predicted molar refractivity (Wildman–Crippen MR) is 36.3 cm³/mol. The highest BCUT2D eigenvalue weighted by molar-refractivity contribution is 5.76. The van der Waals surface area contributed by atoms with E-state index >= 15 is 0 Å². The van der Waals surface area contributed by atoms with Crippen LogP contribution in [0, 0.1) is 17.8 Å². The monoisotopic (exact) mass is 140 g/mol. The van der Waals surface area contributed by atoms with Gasteiger partial charge in [-0.3, -0.25) is 4.79 Å². The number of esters is 1. The molecule has 0 bridgehead atoms. The highest BCUT2D eigenvalue weighted by Gasteiger charge is 2.57. The van der Waals surface area contributed by atoms with Gasteiger partial charge >= 0.3 is 5.97 Å². The van der Waals surface area contributed by atoms with Gasteiger partial charge in [-0.1, -0.05) is 6.42 Å². The van der Waals surface area contributed by atoms with E-state index in [2.05, 4.69) is 4.74 Å². The lowest BCUT2D eigenvalue weighted by Crippen LogP contribution is -2.06. The van der Waals surface area contributed by atoms with Crippen molar-refractivity contribution in [3.63, 3.8) is 0 Å². The average Bonchev–Trinajstić information content (AvgIpc) is 2.43. The molecule has 0 aromatic heterocycles. The molecule has 0 radical (unpaired) electrons. The van der Waals surface area contributed by atoms with Crippen LogP contribution in [0.25, 0.3) is 0 Å². The Balaban J connectivity index is 1.94. The lowest BCUT2D eigenvalue weighted by Gasteiger charge is -1.98. The van der Waals surface area contributed by atoms with Crippen molar-refractivity contribution >= 4 is 5.97 Å². The van der Waals surface area contributed by atoms with Crippen LogP contribution in [0.15, 0.2) is 0 Å². The van der Waals surface area contributed by atoms with Crippen LogP contribution in [-0.4, -0.2) is 13.1 Å². The molecule has 56 valence electrons. The normalized spacial score (nSPS) is 42.7. The van der Waals surface area contributed by atoms with E-state index in [1.807, 2.05) is 0 Å². The second-order valence-corrected chi connectivity index (χ2v) is 3.31. The second kappa shape index (κ2) is 1.97. The minimum Gasteiger partial charge on any atom is -0.469 e. The molecule has 2 rings (SSSR count). The summed E-state index contributed by atoms with van der Waals surface area (Å²) in [7, 11) is 1.48. The first-order chi connectivity index (χ1) is 4.84. The highest BCUT2D eigenvalue weighted by atomic mass is 16.5. The summed E-state index contributed by atoms with van der Waals surface area (Å²) in [6.07, 6.45) is 3.83. The maximum atomic E-state index is 11.0. The fourth-order valence-electron chi connectivity index (χ4n) is 2.31.